The van der Waals surface area contributed by atoms with E-state index in [1.54, 1.807) is 12.5 Å². The van der Waals surface area contributed by atoms with E-state index in [-0.39, 0.29) is 11.9 Å². The minimum absolute atomic E-state index is 0.0344. The van der Waals surface area contributed by atoms with E-state index in [0.29, 0.717) is 6.54 Å². The Kier molecular flexibility index (Phi) is 3.57. The van der Waals surface area contributed by atoms with Crippen molar-refractivity contribution in [2.45, 2.75) is 31.8 Å². The van der Waals surface area contributed by atoms with Crippen molar-refractivity contribution in [3.63, 3.8) is 0 Å². The number of aromatic amines is 1. The van der Waals surface area contributed by atoms with Crippen LogP contribution in [0.25, 0.3) is 11.0 Å². The molecule has 1 atom stereocenters. The molecule has 0 unspecified atom stereocenters. The van der Waals surface area contributed by atoms with E-state index in [1.165, 1.54) is 0 Å². The van der Waals surface area contributed by atoms with Crippen LogP contribution in [0, 0.1) is 0 Å². The zero-order valence-corrected chi connectivity index (χ0v) is 12.9. The van der Waals surface area contributed by atoms with E-state index in [4.69, 9.17) is 4.98 Å². The van der Waals surface area contributed by atoms with Crippen molar-refractivity contribution in [2.24, 2.45) is 0 Å². The van der Waals surface area contributed by atoms with Crippen molar-refractivity contribution in [1.82, 2.24) is 24.4 Å². The standard InChI is InChI=1S/C17H19N5O/c23-16(11-21-10-8-18-12-21)22-9-4-3-7-15(22)17-19-13-5-1-2-6-14(13)20-17/h1-2,5-6,8,10,12,15H,3-4,7,9,11H2,(H,19,20)/t15-/m0/s1. The van der Waals surface area contributed by atoms with Crippen LogP contribution < -0.4 is 0 Å². The first kappa shape index (κ1) is 14.0. The lowest BCUT2D eigenvalue weighted by molar-refractivity contribution is -0.135. The van der Waals surface area contributed by atoms with Crippen molar-refractivity contribution in [2.75, 3.05) is 6.54 Å². The lowest BCUT2D eigenvalue weighted by atomic mass is 10.0. The molecule has 23 heavy (non-hydrogen) atoms. The van der Waals surface area contributed by atoms with Gasteiger partial charge in [-0.25, -0.2) is 9.97 Å². The Morgan fingerprint density at radius 2 is 2.22 bits per heavy atom. The minimum Gasteiger partial charge on any atom is -0.340 e. The maximum Gasteiger partial charge on any atom is 0.243 e. The van der Waals surface area contributed by atoms with Crippen LogP contribution in [0.15, 0.2) is 43.0 Å². The number of rotatable bonds is 3. The molecule has 1 amide bonds. The number of carbonyl (C=O) groups is 1. The first-order valence-corrected chi connectivity index (χ1v) is 8.01. The number of piperidine rings is 1. The number of imidazole rings is 2. The van der Waals surface area contributed by atoms with E-state index in [0.717, 1.165) is 42.7 Å². The van der Waals surface area contributed by atoms with Gasteiger partial charge in [-0.1, -0.05) is 12.1 Å². The van der Waals surface area contributed by atoms with Crippen molar-refractivity contribution in [3.8, 4) is 0 Å². The van der Waals surface area contributed by atoms with Gasteiger partial charge in [0.1, 0.15) is 12.4 Å². The Labute approximate surface area is 134 Å². The highest BCUT2D eigenvalue weighted by atomic mass is 16.2. The number of H-pyrrole nitrogens is 1. The molecule has 1 aromatic carbocycles. The average molecular weight is 309 g/mol. The molecule has 1 aliphatic rings. The van der Waals surface area contributed by atoms with E-state index < -0.39 is 0 Å². The third-order valence-corrected chi connectivity index (χ3v) is 4.42. The van der Waals surface area contributed by atoms with Gasteiger partial charge in [0, 0.05) is 18.9 Å². The maximum atomic E-state index is 12.7. The molecule has 0 bridgehead atoms. The second-order valence-electron chi connectivity index (χ2n) is 5.97. The number of nitrogens with one attached hydrogen (secondary N) is 1. The summed E-state index contributed by atoms with van der Waals surface area (Å²) in [6.07, 6.45) is 8.31. The van der Waals surface area contributed by atoms with Crippen molar-refractivity contribution < 1.29 is 4.79 Å². The molecule has 0 aliphatic carbocycles. The van der Waals surface area contributed by atoms with Gasteiger partial charge in [-0.15, -0.1) is 0 Å². The Bertz CT molecular complexity index is 774. The zero-order valence-electron chi connectivity index (χ0n) is 12.9. The smallest absolute Gasteiger partial charge is 0.243 e. The first-order valence-electron chi connectivity index (χ1n) is 8.01. The highest BCUT2D eigenvalue weighted by Gasteiger charge is 2.30. The van der Waals surface area contributed by atoms with E-state index in [2.05, 4.69) is 9.97 Å². The molecule has 3 heterocycles. The van der Waals surface area contributed by atoms with Gasteiger partial charge in [-0.2, -0.15) is 0 Å². The summed E-state index contributed by atoms with van der Waals surface area (Å²) >= 11 is 0. The fraction of sp³-hybridized carbons (Fsp3) is 0.353. The highest BCUT2D eigenvalue weighted by molar-refractivity contribution is 5.77. The molecule has 0 spiro atoms. The van der Waals surface area contributed by atoms with Gasteiger partial charge in [0.2, 0.25) is 5.91 Å². The van der Waals surface area contributed by atoms with Crippen LogP contribution in [0.1, 0.15) is 31.1 Å². The van der Waals surface area contributed by atoms with Crippen LogP contribution >= 0.6 is 0 Å². The van der Waals surface area contributed by atoms with Crippen LogP contribution in [0.3, 0.4) is 0 Å². The normalized spacial score (nSPS) is 18.4. The number of fused-ring (bicyclic) bond motifs is 1. The Hall–Kier alpha value is -2.63. The Morgan fingerprint density at radius 1 is 1.30 bits per heavy atom. The molecule has 0 saturated carbocycles. The predicted octanol–water partition coefficient (Wildman–Crippen LogP) is 2.51. The number of benzene rings is 1. The van der Waals surface area contributed by atoms with E-state index in [9.17, 15) is 4.79 Å². The molecule has 4 rings (SSSR count). The summed E-state index contributed by atoms with van der Waals surface area (Å²) in [6.45, 7) is 1.12. The van der Waals surface area contributed by atoms with Gasteiger partial charge in [-0.05, 0) is 31.4 Å². The van der Waals surface area contributed by atoms with Crippen molar-refractivity contribution in [3.05, 3.63) is 48.8 Å². The number of hydrogen-bond acceptors (Lipinski definition) is 3. The summed E-state index contributed by atoms with van der Waals surface area (Å²) in [7, 11) is 0. The number of carbonyl (C=O) groups excluding carboxylic acids is 1. The minimum atomic E-state index is 0.0344. The summed E-state index contributed by atoms with van der Waals surface area (Å²) in [5.41, 5.74) is 1.98. The van der Waals surface area contributed by atoms with Crippen LogP contribution in [0.4, 0.5) is 0 Å². The molecule has 1 aliphatic heterocycles. The number of amides is 1. The summed E-state index contributed by atoms with van der Waals surface area (Å²) < 4.78 is 1.81. The number of para-hydroxylation sites is 2. The SMILES string of the molecule is O=C(Cn1ccnc1)N1CCCC[C@H]1c1nc2ccccc2[nH]1. The maximum absolute atomic E-state index is 12.7. The fourth-order valence-corrected chi connectivity index (χ4v) is 3.27. The summed E-state index contributed by atoms with van der Waals surface area (Å²) in [5, 5.41) is 0. The molecule has 1 N–H and O–H groups in total. The van der Waals surface area contributed by atoms with E-state index in [1.807, 2.05) is 39.9 Å². The molecular formula is C17H19N5O. The number of hydrogen-bond donors (Lipinski definition) is 1. The molecule has 3 aromatic rings. The molecule has 6 nitrogen and oxygen atoms in total. The monoisotopic (exact) mass is 309 g/mol. The predicted molar refractivity (Wildman–Crippen MR) is 86.6 cm³/mol. The highest BCUT2D eigenvalue weighted by Crippen LogP contribution is 2.30. The zero-order chi connectivity index (χ0) is 15.6. The summed E-state index contributed by atoms with van der Waals surface area (Å²) in [6, 6.07) is 8.03. The van der Waals surface area contributed by atoms with Crippen molar-refractivity contribution >= 4 is 16.9 Å². The van der Waals surface area contributed by atoms with Crippen molar-refractivity contribution in [1.29, 1.82) is 0 Å². The lowest BCUT2D eigenvalue weighted by Crippen LogP contribution is -2.40. The Balaban J connectivity index is 1.60. The summed E-state index contributed by atoms with van der Waals surface area (Å²) in [4.78, 5) is 26.7. The van der Waals surface area contributed by atoms with Gasteiger partial charge in [0.25, 0.3) is 0 Å². The third-order valence-electron chi connectivity index (χ3n) is 4.42. The third kappa shape index (κ3) is 2.72. The molecule has 2 aromatic heterocycles. The van der Waals surface area contributed by atoms with Crippen LogP contribution in [0.5, 0.6) is 0 Å². The average Bonchev–Trinajstić information content (AvgIpc) is 3.23. The topological polar surface area (TPSA) is 66.8 Å². The van der Waals surface area contributed by atoms with Gasteiger partial charge >= 0.3 is 0 Å². The van der Waals surface area contributed by atoms with Gasteiger partial charge in [0.05, 0.1) is 23.4 Å². The molecular weight excluding hydrogens is 290 g/mol. The molecule has 6 heteroatoms. The van der Waals surface area contributed by atoms with Crippen LogP contribution in [0.2, 0.25) is 0 Å². The quantitative estimate of drug-likeness (QED) is 0.808. The lowest BCUT2D eigenvalue weighted by Gasteiger charge is -2.34. The van der Waals surface area contributed by atoms with Gasteiger partial charge < -0.3 is 14.5 Å². The van der Waals surface area contributed by atoms with Gasteiger partial charge in [0.15, 0.2) is 0 Å². The number of likely N-dealkylation sites (tertiary alicyclic amines) is 1. The molecule has 1 fully saturated rings. The molecule has 118 valence electrons. The second kappa shape index (κ2) is 5.87. The number of aromatic nitrogens is 4. The first-order chi connectivity index (χ1) is 11.3. The van der Waals surface area contributed by atoms with E-state index >= 15 is 0 Å². The van der Waals surface area contributed by atoms with Crippen LogP contribution in [-0.2, 0) is 11.3 Å². The molecule has 0 radical (unpaired) electrons. The summed E-state index contributed by atoms with van der Waals surface area (Å²) in [5.74, 6) is 1.01. The largest absolute Gasteiger partial charge is 0.340 e. The number of nitrogens with zero attached hydrogens (tertiary/aromatic N) is 4. The fourth-order valence-electron chi connectivity index (χ4n) is 3.27. The molecule has 1 saturated heterocycles. The van der Waals surface area contributed by atoms with Crippen LogP contribution in [-0.4, -0.2) is 36.9 Å². The second-order valence-corrected chi connectivity index (χ2v) is 5.97. The van der Waals surface area contributed by atoms with Gasteiger partial charge in [-0.3, -0.25) is 4.79 Å². The Morgan fingerprint density at radius 3 is 3.04 bits per heavy atom.